The molecule has 1 fully saturated rings. The minimum atomic E-state index is -0.582. The average Bonchev–Trinajstić information content (AvgIpc) is 3.18. The van der Waals surface area contributed by atoms with Crippen LogP contribution in [0, 0.1) is 12.8 Å². The normalized spacial score (nSPS) is 15.1. The summed E-state index contributed by atoms with van der Waals surface area (Å²) < 4.78 is 33.4. The van der Waals surface area contributed by atoms with Gasteiger partial charge in [-0.05, 0) is 143 Å². The lowest BCUT2D eigenvalue weighted by atomic mass is 9.87. The predicted octanol–water partition coefficient (Wildman–Crippen LogP) is 8.14. The molecule has 0 aromatic heterocycles. The number of aliphatic hydroxyl groups excluding tert-OH is 1. The molecule has 0 amide bonds. The Morgan fingerprint density at radius 3 is 1.87 bits per heavy atom. The predicted molar refractivity (Wildman–Crippen MR) is 202 cm³/mol. The molecule has 0 radical (unpaired) electrons. The van der Waals surface area contributed by atoms with Crippen molar-refractivity contribution in [2.45, 2.75) is 90.1 Å². The molecule has 0 bridgehead atoms. The molecule has 0 aliphatic heterocycles. The summed E-state index contributed by atoms with van der Waals surface area (Å²) in [6.45, 7) is 6.96. The summed E-state index contributed by atoms with van der Waals surface area (Å²) in [5, 5.41) is 8.87. The van der Waals surface area contributed by atoms with Gasteiger partial charge in [-0.2, -0.15) is 0 Å². The number of benzene rings is 3. The van der Waals surface area contributed by atoms with E-state index in [0.29, 0.717) is 66.8 Å². The lowest BCUT2D eigenvalue weighted by molar-refractivity contribution is -0.141. The molecule has 1 aliphatic carbocycles. The van der Waals surface area contributed by atoms with Gasteiger partial charge in [-0.3, -0.25) is 4.79 Å². The van der Waals surface area contributed by atoms with Crippen molar-refractivity contribution in [3.63, 3.8) is 0 Å². The fourth-order valence-electron chi connectivity index (χ4n) is 5.93. The summed E-state index contributed by atoms with van der Waals surface area (Å²) >= 11 is 0. The summed E-state index contributed by atoms with van der Waals surface area (Å²) in [7, 11) is 0. The summed E-state index contributed by atoms with van der Waals surface area (Å²) in [6.07, 6.45) is 11.7. The highest BCUT2D eigenvalue weighted by Gasteiger charge is 2.28. The fraction of sp³-hybridized carbons (Fsp3) is 0.442. The molecule has 1 aliphatic rings. The fourth-order valence-corrected chi connectivity index (χ4v) is 5.93. The molecule has 54 heavy (non-hydrogen) atoms. The van der Waals surface area contributed by atoms with Gasteiger partial charge in [0.15, 0.2) is 0 Å². The Hall–Kier alpha value is -5.00. The number of esters is 4. The zero-order valence-corrected chi connectivity index (χ0v) is 31.1. The number of rotatable bonds is 22. The van der Waals surface area contributed by atoms with Gasteiger partial charge < -0.3 is 33.5 Å². The highest BCUT2D eigenvalue weighted by atomic mass is 16.5. The van der Waals surface area contributed by atoms with Crippen molar-refractivity contribution in [1.82, 2.24) is 0 Å². The van der Waals surface area contributed by atoms with Crippen LogP contribution in [0.3, 0.4) is 0 Å². The van der Waals surface area contributed by atoms with Crippen LogP contribution in [0.5, 0.6) is 23.0 Å². The summed E-state index contributed by atoms with van der Waals surface area (Å²) in [4.78, 5) is 49.5. The maximum atomic E-state index is 12.9. The average molecular weight is 745 g/mol. The van der Waals surface area contributed by atoms with E-state index in [4.69, 9.17) is 33.5 Å². The van der Waals surface area contributed by atoms with E-state index in [0.717, 1.165) is 70.3 Å². The van der Waals surface area contributed by atoms with Gasteiger partial charge in [-0.1, -0.05) is 19.4 Å². The summed E-state index contributed by atoms with van der Waals surface area (Å²) in [5.74, 6) is -0.387. The monoisotopic (exact) mass is 744 g/mol. The molecule has 11 heteroatoms. The van der Waals surface area contributed by atoms with Gasteiger partial charge in [0.05, 0.1) is 36.4 Å². The molecule has 3 aromatic rings. The molecular weight excluding hydrogens is 692 g/mol. The van der Waals surface area contributed by atoms with Crippen molar-refractivity contribution >= 4 is 23.9 Å². The van der Waals surface area contributed by atoms with Gasteiger partial charge in [-0.25, -0.2) is 14.4 Å². The molecule has 1 saturated carbocycles. The topological polar surface area (TPSA) is 144 Å². The molecule has 0 unspecified atom stereocenters. The van der Waals surface area contributed by atoms with E-state index in [2.05, 4.69) is 6.58 Å². The standard InChI is InChI=1S/C43H52O11/c1-3-40(45)51-29-11-7-6-10-28-50-36-20-14-33(15-21-36)42(47)53-38-24-25-39(31(2)30-38)54-43(48)34-16-22-37(23-17-34)52-41(46)32-12-18-35(19-13-32)49-27-9-5-4-8-26-44/h3,14-17,20-25,30,32,35,44H,1,4-13,18-19,26-29H2,2H3. The largest absolute Gasteiger partial charge is 0.494 e. The Balaban J connectivity index is 1.15. The minimum Gasteiger partial charge on any atom is -0.494 e. The quantitative estimate of drug-likeness (QED) is 0.0461. The van der Waals surface area contributed by atoms with E-state index in [9.17, 15) is 19.2 Å². The smallest absolute Gasteiger partial charge is 0.343 e. The number of aliphatic hydroxyl groups is 1. The molecular formula is C43H52O11. The van der Waals surface area contributed by atoms with Gasteiger partial charge in [0.25, 0.3) is 0 Å². The number of hydrogen-bond acceptors (Lipinski definition) is 11. The number of ether oxygens (including phenoxy) is 6. The van der Waals surface area contributed by atoms with E-state index in [1.807, 2.05) is 0 Å². The highest BCUT2D eigenvalue weighted by molar-refractivity contribution is 5.92. The first-order chi connectivity index (χ1) is 26.2. The molecule has 290 valence electrons. The van der Waals surface area contributed by atoms with Gasteiger partial charge in [0.2, 0.25) is 0 Å². The maximum Gasteiger partial charge on any atom is 0.343 e. The van der Waals surface area contributed by atoms with Gasteiger partial charge >= 0.3 is 23.9 Å². The SMILES string of the molecule is C=CC(=O)OCCCCCCOc1ccc(C(=O)Oc2ccc(OC(=O)c3ccc(OC(=O)C4CCC(OCCCCCCO)CC4)cc3)c(C)c2)cc1. The van der Waals surface area contributed by atoms with Gasteiger partial charge in [0.1, 0.15) is 23.0 Å². The van der Waals surface area contributed by atoms with Crippen molar-refractivity contribution in [3.8, 4) is 23.0 Å². The van der Waals surface area contributed by atoms with Crippen LogP contribution in [0.15, 0.2) is 79.4 Å². The Bertz CT molecular complexity index is 1640. The second kappa shape index (κ2) is 22.9. The second-order valence-electron chi connectivity index (χ2n) is 13.3. The molecule has 0 saturated heterocycles. The summed E-state index contributed by atoms with van der Waals surface area (Å²) in [5.41, 5.74) is 1.24. The van der Waals surface area contributed by atoms with E-state index >= 15 is 0 Å². The first-order valence-corrected chi connectivity index (χ1v) is 18.9. The van der Waals surface area contributed by atoms with Crippen molar-refractivity contribution in [2.24, 2.45) is 5.92 Å². The minimum absolute atomic E-state index is 0.166. The maximum absolute atomic E-state index is 12.9. The molecule has 0 atom stereocenters. The number of aryl methyl sites for hydroxylation is 1. The van der Waals surface area contributed by atoms with Crippen LogP contribution in [0.1, 0.15) is 103 Å². The second-order valence-corrected chi connectivity index (χ2v) is 13.3. The first-order valence-electron chi connectivity index (χ1n) is 18.9. The molecule has 0 heterocycles. The lowest BCUT2D eigenvalue weighted by Crippen LogP contribution is -2.29. The number of carbonyl (C=O) groups is 4. The zero-order chi connectivity index (χ0) is 38.5. The van der Waals surface area contributed by atoms with Crippen LogP contribution >= 0.6 is 0 Å². The Kier molecular flexibility index (Phi) is 17.7. The number of hydrogen-bond donors (Lipinski definition) is 1. The first kappa shape index (κ1) is 41.8. The third-order valence-electron chi connectivity index (χ3n) is 9.09. The van der Waals surface area contributed by atoms with Gasteiger partial charge in [-0.15, -0.1) is 0 Å². The van der Waals surface area contributed by atoms with Crippen LogP contribution in [-0.2, 0) is 19.1 Å². The highest BCUT2D eigenvalue weighted by Crippen LogP contribution is 2.29. The van der Waals surface area contributed by atoms with Crippen LogP contribution in [-0.4, -0.2) is 61.5 Å². The Morgan fingerprint density at radius 1 is 0.667 bits per heavy atom. The molecule has 0 spiro atoms. The third kappa shape index (κ3) is 14.4. The van der Waals surface area contributed by atoms with Crippen molar-refractivity contribution in [2.75, 3.05) is 26.4 Å². The van der Waals surface area contributed by atoms with Crippen LogP contribution < -0.4 is 18.9 Å². The Labute approximate surface area is 317 Å². The van der Waals surface area contributed by atoms with Crippen LogP contribution in [0.4, 0.5) is 0 Å². The molecule has 4 rings (SSSR count). The number of unbranched alkanes of at least 4 members (excludes halogenated alkanes) is 6. The molecule has 11 nitrogen and oxygen atoms in total. The zero-order valence-electron chi connectivity index (χ0n) is 31.1. The number of carbonyl (C=O) groups excluding carboxylic acids is 4. The van der Waals surface area contributed by atoms with Crippen molar-refractivity contribution in [3.05, 3.63) is 96.1 Å². The van der Waals surface area contributed by atoms with E-state index in [1.165, 1.54) is 0 Å². The van der Waals surface area contributed by atoms with Crippen molar-refractivity contribution < 1.29 is 52.7 Å². The van der Waals surface area contributed by atoms with Crippen LogP contribution in [0.25, 0.3) is 0 Å². The lowest BCUT2D eigenvalue weighted by Gasteiger charge is -2.27. The van der Waals surface area contributed by atoms with Crippen LogP contribution in [0.2, 0.25) is 0 Å². The Morgan fingerprint density at radius 2 is 1.24 bits per heavy atom. The van der Waals surface area contributed by atoms with Gasteiger partial charge in [0, 0.05) is 19.3 Å². The summed E-state index contributed by atoms with van der Waals surface area (Å²) in [6, 6.07) is 17.7. The van der Waals surface area contributed by atoms with E-state index in [-0.39, 0.29) is 30.2 Å². The molecule has 3 aromatic carbocycles. The third-order valence-corrected chi connectivity index (χ3v) is 9.09. The molecule has 1 N–H and O–H groups in total. The van der Waals surface area contributed by atoms with E-state index < -0.39 is 17.9 Å². The van der Waals surface area contributed by atoms with E-state index in [1.54, 1.807) is 73.7 Å². The van der Waals surface area contributed by atoms with Crippen molar-refractivity contribution in [1.29, 1.82) is 0 Å².